The first-order valence-corrected chi connectivity index (χ1v) is 8.75. The van der Waals surface area contributed by atoms with E-state index < -0.39 is 0 Å². The summed E-state index contributed by atoms with van der Waals surface area (Å²) in [6.45, 7) is 7.36. The molecule has 2 aliphatic rings. The molecule has 1 aromatic carbocycles. The molecule has 4 nitrogen and oxygen atoms in total. The van der Waals surface area contributed by atoms with Gasteiger partial charge in [0.1, 0.15) is 5.82 Å². The van der Waals surface area contributed by atoms with E-state index in [9.17, 15) is 4.39 Å². The van der Waals surface area contributed by atoms with Gasteiger partial charge in [0.05, 0.1) is 5.69 Å². The standard InChI is InChI=1S/C19H25FN4/c1-15-11-18(21-22(15)2)13-23-9-7-19(14-23)8-10-24(19)12-16-3-5-17(20)6-4-16/h3-6,11H,7-10,12-14H2,1-2H3. The van der Waals surface area contributed by atoms with E-state index >= 15 is 0 Å². The van der Waals surface area contributed by atoms with Crippen molar-refractivity contribution in [2.45, 2.75) is 38.4 Å². The smallest absolute Gasteiger partial charge is 0.123 e. The summed E-state index contributed by atoms with van der Waals surface area (Å²) in [5.41, 5.74) is 3.89. The molecule has 2 saturated heterocycles. The number of halogens is 1. The topological polar surface area (TPSA) is 24.3 Å². The maximum Gasteiger partial charge on any atom is 0.123 e. The van der Waals surface area contributed by atoms with Crippen molar-refractivity contribution >= 4 is 0 Å². The van der Waals surface area contributed by atoms with Gasteiger partial charge in [-0.25, -0.2) is 4.39 Å². The van der Waals surface area contributed by atoms with Crippen molar-refractivity contribution in [2.24, 2.45) is 7.05 Å². The molecule has 0 N–H and O–H groups in total. The molecular weight excluding hydrogens is 303 g/mol. The van der Waals surface area contributed by atoms with E-state index in [1.165, 1.54) is 24.1 Å². The first-order chi connectivity index (χ1) is 11.5. The van der Waals surface area contributed by atoms with E-state index in [0.29, 0.717) is 5.54 Å². The second kappa shape index (κ2) is 5.97. The third-order valence-corrected chi connectivity index (χ3v) is 5.77. The molecule has 0 aliphatic carbocycles. The summed E-state index contributed by atoms with van der Waals surface area (Å²) in [4.78, 5) is 5.10. The predicted molar refractivity (Wildman–Crippen MR) is 92.0 cm³/mol. The van der Waals surface area contributed by atoms with Crippen LogP contribution in [0.4, 0.5) is 4.39 Å². The van der Waals surface area contributed by atoms with Crippen molar-refractivity contribution in [3.05, 3.63) is 53.1 Å². The van der Waals surface area contributed by atoms with Crippen LogP contribution >= 0.6 is 0 Å². The highest BCUT2D eigenvalue weighted by Crippen LogP contribution is 2.40. The van der Waals surface area contributed by atoms with E-state index in [0.717, 1.165) is 38.4 Å². The van der Waals surface area contributed by atoms with Gasteiger partial charge in [-0.05, 0) is 43.5 Å². The van der Waals surface area contributed by atoms with Gasteiger partial charge in [0, 0.05) is 51.0 Å². The van der Waals surface area contributed by atoms with Crippen LogP contribution in [0.1, 0.15) is 29.8 Å². The zero-order chi connectivity index (χ0) is 16.7. The van der Waals surface area contributed by atoms with Crippen LogP contribution in [0.2, 0.25) is 0 Å². The normalized spacial score (nSPS) is 24.6. The molecule has 4 rings (SSSR count). The number of nitrogens with zero attached hydrogens (tertiary/aromatic N) is 4. The Balaban J connectivity index is 1.38. The Morgan fingerprint density at radius 1 is 1.12 bits per heavy atom. The maximum atomic E-state index is 13.1. The van der Waals surface area contributed by atoms with Crippen molar-refractivity contribution in [1.29, 1.82) is 0 Å². The van der Waals surface area contributed by atoms with Crippen LogP contribution in [0.15, 0.2) is 30.3 Å². The van der Waals surface area contributed by atoms with Crippen LogP contribution in [0.3, 0.4) is 0 Å². The van der Waals surface area contributed by atoms with E-state index in [-0.39, 0.29) is 5.82 Å². The molecule has 1 unspecified atom stereocenters. The van der Waals surface area contributed by atoms with Gasteiger partial charge in [0.2, 0.25) is 0 Å². The monoisotopic (exact) mass is 328 g/mol. The van der Waals surface area contributed by atoms with Gasteiger partial charge in [-0.15, -0.1) is 0 Å². The van der Waals surface area contributed by atoms with Crippen LogP contribution in [0.5, 0.6) is 0 Å². The van der Waals surface area contributed by atoms with E-state index in [1.807, 2.05) is 23.9 Å². The Hall–Kier alpha value is -1.72. The lowest BCUT2D eigenvalue weighted by Crippen LogP contribution is -2.60. The average Bonchev–Trinajstić information content (AvgIpc) is 3.12. The number of aromatic nitrogens is 2. The molecule has 1 atom stereocenters. The average molecular weight is 328 g/mol. The molecule has 2 aromatic rings. The predicted octanol–water partition coefficient (Wildman–Crippen LogP) is 2.72. The van der Waals surface area contributed by atoms with E-state index in [2.05, 4.69) is 27.9 Å². The number of likely N-dealkylation sites (tertiary alicyclic amines) is 2. The lowest BCUT2D eigenvalue weighted by molar-refractivity contribution is -0.0146. The lowest BCUT2D eigenvalue weighted by atomic mass is 9.83. The molecule has 0 bridgehead atoms. The fourth-order valence-corrected chi connectivity index (χ4v) is 4.12. The molecule has 1 spiro atoms. The van der Waals surface area contributed by atoms with Gasteiger partial charge in [-0.1, -0.05) is 12.1 Å². The quantitative estimate of drug-likeness (QED) is 0.862. The van der Waals surface area contributed by atoms with Crippen molar-refractivity contribution < 1.29 is 4.39 Å². The number of benzene rings is 1. The molecule has 2 fully saturated rings. The molecule has 24 heavy (non-hydrogen) atoms. The van der Waals surface area contributed by atoms with Gasteiger partial charge >= 0.3 is 0 Å². The highest BCUT2D eigenvalue weighted by molar-refractivity contribution is 5.18. The second-order valence-corrected chi connectivity index (χ2v) is 7.38. The highest BCUT2D eigenvalue weighted by atomic mass is 19.1. The summed E-state index contributed by atoms with van der Waals surface area (Å²) in [7, 11) is 2.00. The maximum absolute atomic E-state index is 13.1. The van der Waals surface area contributed by atoms with Gasteiger partial charge in [-0.2, -0.15) is 5.10 Å². The van der Waals surface area contributed by atoms with Gasteiger partial charge in [0.15, 0.2) is 0 Å². The van der Waals surface area contributed by atoms with Gasteiger partial charge in [0.25, 0.3) is 0 Å². The Bertz CT molecular complexity index is 704. The summed E-state index contributed by atoms with van der Waals surface area (Å²) in [6.07, 6.45) is 2.49. The summed E-state index contributed by atoms with van der Waals surface area (Å²) >= 11 is 0. The minimum Gasteiger partial charge on any atom is -0.296 e. The lowest BCUT2D eigenvalue weighted by Gasteiger charge is -2.51. The molecule has 0 radical (unpaired) electrons. The first kappa shape index (κ1) is 15.8. The SMILES string of the molecule is Cc1cc(CN2CCC3(CCN3Cc3ccc(F)cc3)C2)nn1C. The second-order valence-electron chi connectivity index (χ2n) is 7.38. The zero-order valence-electron chi connectivity index (χ0n) is 14.5. The van der Waals surface area contributed by atoms with Crippen molar-refractivity contribution in [1.82, 2.24) is 19.6 Å². The number of aryl methyl sites for hydroxylation is 2. The van der Waals surface area contributed by atoms with E-state index in [4.69, 9.17) is 0 Å². The third kappa shape index (κ3) is 2.87. The summed E-state index contributed by atoms with van der Waals surface area (Å²) in [5, 5.41) is 4.59. The van der Waals surface area contributed by atoms with Gasteiger partial charge in [-0.3, -0.25) is 14.5 Å². The molecule has 1 aromatic heterocycles. The minimum absolute atomic E-state index is 0.158. The third-order valence-electron chi connectivity index (χ3n) is 5.77. The van der Waals surface area contributed by atoms with Crippen LogP contribution in [-0.2, 0) is 20.1 Å². The molecule has 3 heterocycles. The van der Waals surface area contributed by atoms with Crippen molar-refractivity contribution in [3.63, 3.8) is 0 Å². The molecule has 5 heteroatoms. The fourth-order valence-electron chi connectivity index (χ4n) is 4.12. The zero-order valence-corrected chi connectivity index (χ0v) is 14.5. The Morgan fingerprint density at radius 2 is 1.88 bits per heavy atom. The van der Waals surface area contributed by atoms with Crippen molar-refractivity contribution in [3.8, 4) is 0 Å². The Morgan fingerprint density at radius 3 is 2.50 bits per heavy atom. The molecular formula is C19H25FN4. The molecule has 0 amide bonds. The minimum atomic E-state index is -0.158. The van der Waals surface area contributed by atoms with Crippen molar-refractivity contribution in [2.75, 3.05) is 19.6 Å². The van der Waals surface area contributed by atoms with Crippen LogP contribution < -0.4 is 0 Å². The Kier molecular flexibility index (Phi) is 3.93. The number of hydrogen-bond acceptors (Lipinski definition) is 3. The molecule has 0 saturated carbocycles. The number of rotatable bonds is 4. The fraction of sp³-hybridized carbons (Fsp3) is 0.526. The largest absolute Gasteiger partial charge is 0.296 e. The number of hydrogen-bond donors (Lipinski definition) is 0. The van der Waals surface area contributed by atoms with Gasteiger partial charge < -0.3 is 0 Å². The highest BCUT2D eigenvalue weighted by Gasteiger charge is 2.48. The molecule has 128 valence electrons. The van der Waals surface area contributed by atoms with Crippen LogP contribution in [-0.4, -0.2) is 44.8 Å². The summed E-state index contributed by atoms with van der Waals surface area (Å²) in [6, 6.07) is 9.12. The van der Waals surface area contributed by atoms with Crippen LogP contribution in [0.25, 0.3) is 0 Å². The van der Waals surface area contributed by atoms with Crippen LogP contribution in [0, 0.1) is 12.7 Å². The van der Waals surface area contributed by atoms with E-state index in [1.54, 1.807) is 12.1 Å². The first-order valence-electron chi connectivity index (χ1n) is 8.75. The summed E-state index contributed by atoms with van der Waals surface area (Å²) < 4.78 is 15.0. The summed E-state index contributed by atoms with van der Waals surface area (Å²) in [5.74, 6) is -0.158. The molecule has 2 aliphatic heterocycles. The Labute approximate surface area is 142 Å².